The molecule has 0 bridgehead atoms. The van der Waals surface area contributed by atoms with Crippen molar-refractivity contribution in [1.29, 1.82) is 0 Å². The summed E-state index contributed by atoms with van der Waals surface area (Å²) in [7, 11) is 0. The first-order chi connectivity index (χ1) is 10.2. The first-order valence-electron chi connectivity index (χ1n) is 7.47. The predicted molar refractivity (Wildman–Crippen MR) is 82.3 cm³/mol. The van der Waals surface area contributed by atoms with Crippen LogP contribution in [0.2, 0.25) is 0 Å². The molecule has 1 fully saturated rings. The number of ether oxygens (including phenoxy) is 1. The van der Waals surface area contributed by atoms with E-state index in [1.165, 1.54) is 0 Å². The number of amides is 1. The van der Waals surface area contributed by atoms with Gasteiger partial charge < -0.3 is 10.1 Å². The maximum Gasteiger partial charge on any atom is 0.220 e. The molecule has 110 valence electrons. The van der Waals surface area contributed by atoms with Gasteiger partial charge in [-0.3, -0.25) is 9.78 Å². The van der Waals surface area contributed by atoms with Gasteiger partial charge in [0.1, 0.15) is 11.3 Å². The minimum atomic E-state index is 0.153. The Morgan fingerprint density at radius 2 is 2.29 bits per heavy atom. The van der Waals surface area contributed by atoms with Gasteiger partial charge in [0.15, 0.2) is 0 Å². The van der Waals surface area contributed by atoms with Gasteiger partial charge in [0.2, 0.25) is 5.91 Å². The number of aromatic nitrogens is 1. The van der Waals surface area contributed by atoms with E-state index >= 15 is 0 Å². The number of rotatable bonds is 3. The van der Waals surface area contributed by atoms with Crippen LogP contribution in [-0.2, 0) is 4.79 Å². The maximum atomic E-state index is 11.3. The number of pyridine rings is 1. The van der Waals surface area contributed by atoms with Gasteiger partial charge >= 0.3 is 0 Å². The minimum absolute atomic E-state index is 0.153. The molecule has 1 amide bonds. The molecule has 1 N–H and O–H groups in total. The summed E-state index contributed by atoms with van der Waals surface area (Å²) in [4.78, 5) is 15.8. The standard InChI is InChI=1S/C17H20N2O2/c1-12-9-14-3-2-4-15(17(14)19-10-12)21-11-13-5-6-16(20)18-8-7-13/h2-4,9-10,13H,5-8,11H2,1H3,(H,18,20). The van der Waals surface area contributed by atoms with Crippen LogP contribution >= 0.6 is 0 Å². The number of para-hydroxylation sites is 1. The lowest BCUT2D eigenvalue weighted by atomic mass is 10.0. The van der Waals surface area contributed by atoms with Gasteiger partial charge in [-0.1, -0.05) is 12.1 Å². The summed E-state index contributed by atoms with van der Waals surface area (Å²) in [6, 6.07) is 8.13. The Balaban J connectivity index is 1.71. The number of hydrogen-bond acceptors (Lipinski definition) is 3. The van der Waals surface area contributed by atoms with Crippen molar-refractivity contribution in [3.8, 4) is 5.75 Å². The topological polar surface area (TPSA) is 51.2 Å². The Morgan fingerprint density at radius 3 is 3.19 bits per heavy atom. The van der Waals surface area contributed by atoms with Crippen LogP contribution in [0, 0.1) is 12.8 Å². The number of carbonyl (C=O) groups excluding carboxylic acids is 1. The Morgan fingerprint density at radius 1 is 1.38 bits per heavy atom. The molecule has 21 heavy (non-hydrogen) atoms. The number of fused-ring (bicyclic) bond motifs is 1. The lowest BCUT2D eigenvalue weighted by molar-refractivity contribution is -0.120. The van der Waals surface area contributed by atoms with Crippen molar-refractivity contribution < 1.29 is 9.53 Å². The summed E-state index contributed by atoms with van der Waals surface area (Å²) in [6.07, 6.45) is 4.33. The Labute approximate surface area is 124 Å². The highest BCUT2D eigenvalue weighted by Crippen LogP contribution is 2.25. The molecular formula is C17H20N2O2. The van der Waals surface area contributed by atoms with E-state index in [4.69, 9.17) is 4.74 Å². The molecule has 0 saturated carbocycles. The number of aryl methyl sites for hydroxylation is 1. The third-order valence-corrected chi connectivity index (χ3v) is 3.94. The highest BCUT2D eigenvalue weighted by atomic mass is 16.5. The number of benzene rings is 1. The molecule has 4 nitrogen and oxygen atoms in total. The van der Waals surface area contributed by atoms with Crippen molar-refractivity contribution in [2.24, 2.45) is 5.92 Å². The SMILES string of the molecule is Cc1cnc2c(OCC3CCNC(=O)CC3)cccc2c1. The summed E-state index contributed by atoms with van der Waals surface area (Å²) in [5.74, 6) is 1.40. The molecule has 1 unspecified atom stereocenters. The molecular weight excluding hydrogens is 264 g/mol. The number of hydrogen-bond donors (Lipinski definition) is 1. The van der Waals surface area contributed by atoms with Crippen molar-refractivity contribution in [3.05, 3.63) is 36.0 Å². The molecule has 0 radical (unpaired) electrons. The van der Waals surface area contributed by atoms with Crippen LogP contribution in [0.25, 0.3) is 10.9 Å². The zero-order valence-corrected chi connectivity index (χ0v) is 12.3. The van der Waals surface area contributed by atoms with Crippen LogP contribution in [0.1, 0.15) is 24.8 Å². The van der Waals surface area contributed by atoms with Crippen molar-refractivity contribution >= 4 is 16.8 Å². The second-order valence-corrected chi connectivity index (χ2v) is 5.69. The summed E-state index contributed by atoms with van der Waals surface area (Å²) >= 11 is 0. The van der Waals surface area contributed by atoms with Crippen LogP contribution in [0.3, 0.4) is 0 Å². The summed E-state index contributed by atoms with van der Waals surface area (Å²) in [5.41, 5.74) is 2.05. The fourth-order valence-corrected chi connectivity index (χ4v) is 2.72. The van der Waals surface area contributed by atoms with Crippen molar-refractivity contribution in [3.63, 3.8) is 0 Å². The molecule has 1 aromatic carbocycles. The van der Waals surface area contributed by atoms with Crippen LogP contribution in [0.4, 0.5) is 0 Å². The lowest BCUT2D eigenvalue weighted by Crippen LogP contribution is -2.21. The van der Waals surface area contributed by atoms with E-state index < -0.39 is 0 Å². The van der Waals surface area contributed by atoms with Crippen LogP contribution in [0.15, 0.2) is 30.5 Å². The molecule has 1 atom stereocenters. The smallest absolute Gasteiger partial charge is 0.220 e. The van der Waals surface area contributed by atoms with Crippen molar-refractivity contribution in [1.82, 2.24) is 10.3 Å². The molecule has 1 aliphatic heterocycles. The van der Waals surface area contributed by atoms with Gasteiger partial charge in [0.05, 0.1) is 6.61 Å². The Kier molecular flexibility index (Phi) is 4.04. The van der Waals surface area contributed by atoms with Crippen molar-refractivity contribution in [2.45, 2.75) is 26.2 Å². The summed E-state index contributed by atoms with van der Waals surface area (Å²) in [6.45, 7) is 3.43. The highest BCUT2D eigenvalue weighted by Gasteiger charge is 2.17. The zero-order chi connectivity index (χ0) is 14.7. The largest absolute Gasteiger partial charge is 0.491 e. The lowest BCUT2D eigenvalue weighted by Gasteiger charge is -2.15. The molecule has 1 aliphatic rings. The number of carbonyl (C=O) groups is 1. The molecule has 3 rings (SSSR count). The Hall–Kier alpha value is -2.10. The second-order valence-electron chi connectivity index (χ2n) is 5.69. The monoisotopic (exact) mass is 284 g/mol. The quantitative estimate of drug-likeness (QED) is 0.943. The fourth-order valence-electron chi connectivity index (χ4n) is 2.72. The third kappa shape index (κ3) is 3.32. The van der Waals surface area contributed by atoms with E-state index in [-0.39, 0.29) is 5.91 Å². The van der Waals surface area contributed by atoms with Gasteiger partial charge in [-0.05, 0) is 43.4 Å². The van der Waals surface area contributed by atoms with Gasteiger partial charge in [-0.2, -0.15) is 0 Å². The first-order valence-corrected chi connectivity index (χ1v) is 7.47. The van der Waals surface area contributed by atoms with Gasteiger partial charge in [0, 0.05) is 24.5 Å². The van der Waals surface area contributed by atoms with Crippen molar-refractivity contribution in [2.75, 3.05) is 13.2 Å². The van der Waals surface area contributed by atoms with E-state index in [0.29, 0.717) is 18.9 Å². The van der Waals surface area contributed by atoms with E-state index in [1.807, 2.05) is 25.3 Å². The van der Waals surface area contributed by atoms with Crippen LogP contribution in [-0.4, -0.2) is 24.0 Å². The molecule has 2 heterocycles. The fraction of sp³-hybridized carbons (Fsp3) is 0.412. The van der Waals surface area contributed by atoms with Gasteiger partial charge in [-0.15, -0.1) is 0 Å². The first kappa shape index (κ1) is 13.9. The summed E-state index contributed by atoms with van der Waals surface area (Å²) < 4.78 is 5.99. The number of nitrogens with zero attached hydrogens (tertiary/aromatic N) is 1. The Bertz CT molecular complexity index is 654. The molecule has 4 heteroatoms. The third-order valence-electron chi connectivity index (χ3n) is 3.94. The van der Waals surface area contributed by atoms with E-state index in [0.717, 1.165) is 41.6 Å². The molecule has 1 saturated heterocycles. The highest BCUT2D eigenvalue weighted by molar-refractivity contribution is 5.84. The molecule has 0 aliphatic carbocycles. The molecule has 0 spiro atoms. The second kappa shape index (κ2) is 6.12. The average molecular weight is 284 g/mol. The minimum Gasteiger partial charge on any atom is -0.491 e. The zero-order valence-electron chi connectivity index (χ0n) is 12.3. The van der Waals surface area contributed by atoms with E-state index in [9.17, 15) is 4.79 Å². The average Bonchev–Trinajstić information content (AvgIpc) is 2.69. The summed E-state index contributed by atoms with van der Waals surface area (Å²) in [5, 5.41) is 4.00. The van der Waals surface area contributed by atoms with E-state index in [1.54, 1.807) is 0 Å². The normalized spacial score (nSPS) is 19.1. The van der Waals surface area contributed by atoms with Gasteiger partial charge in [-0.25, -0.2) is 0 Å². The predicted octanol–water partition coefficient (Wildman–Crippen LogP) is 2.84. The van der Waals surface area contributed by atoms with Crippen LogP contribution < -0.4 is 10.1 Å². The molecule has 1 aromatic heterocycles. The molecule has 2 aromatic rings. The van der Waals surface area contributed by atoms with Crippen LogP contribution in [0.5, 0.6) is 5.75 Å². The van der Waals surface area contributed by atoms with Gasteiger partial charge in [0.25, 0.3) is 0 Å². The maximum absolute atomic E-state index is 11.3. The number of nitrogens with one attached hydrogen (secondary N) is 1. The van der Waals surface area contributed by atoms with E-state index in [2.05, 4.69) is 22.4 Å².